The summed E-state index contributed by atoms with van der Waals surface area (Å²) in [6.45, 7) is 4.84. The Morgan fingerprint density at radius 2 is 1.83 bits per heavy atom. The Morgan fingerprint density at radius 1 is 1.22 bits per heavy atom. The van der Waals surface area contributed by atoms with Crippen LogP contribution in [0.25, 0.3) is 0 Å². The molecule has 1 rings (SSSR count). The van der Waals surface area contributed by atoms with E-state index in [9.17, 15) is 19.5 Å². The molecule has 0 bridgehead atoms. The van der Waals surface area contributed by atoms with Crippen LogP contribution < -0.4 is 4.90 Å². The predicted octanol–water partition coefficient (Wildman–Crippen LogP) is 2.13. The number of rotatable bonds is 3. The van der Waals surface area contributed by atoms with Crippen LogP contribution in [-0.2, 0) is 9.57 Å². The number of hydrogen-bond acceptors (Lipinski definition) is 6. The lowest BCUT2D eigenvalue weighted by Gasteiger charge is -2.23. The van der Waals surface area contributed by atoms with Gasteiger partial charge >= 0.3 is 12.2 Å². The molecule has 0 atom stereocenters. The predicted molar refractivity (Wildman–Crippen MR) is 80.1 cm³/mol. The smallest absolute Gasteiger partial charge is 0.425 e. The lowest BCUT2D eigenvalue weighted by atomic mass is 10.2. The average molecular weight is 325 g/mol. The number of nitrogens with zero attached hydrogens (tertiary/aromatic N) is 3. The van der Waals surface area contributed by atoms with Crippen molar-refractivity contribution in [1.82, 2.24) is 10.0 Å². The van der Waals surface area contributed by atoms with Crippen LogP contribution in [0.4, 0.5) is 15.4 Å². The molecule has 0 unspecified atom stereocenters. The van der Waals surface area contributed by atoms with Gasteiger partial charge in [0.2, 0.25) is 0 Å². The number of hydrogen-bond donors (Lipinski definition) is 1. The van der Waals surface area contributed by atoms with Gasteiger partial charge < -0.3 is 9.84 Å². The molecule has 0 aliphatic rings. The van der Waals surface area contributed by atoms with Gasteiger partial charge in [-0.25, -0.2) is 19.6 Å². The van der Waals surface area contributed by atoms with Crippen LogP contribution in [0.3, 0.4) is 0 Å². The lowest BCUT2D eigenvalue weighted by molar-refractivity contribution is -0.0757. The van der Waals surface area contributed by atoms with Gasteiger partial charge in [0.05, 0.1) is 12.7 Å². The van der Waals surface area contributed by atoms with Gasteiger partial charge in [0, 0.05) is 13.2 Å². The number of aromatic nitrogens is 1. The molecule has 1 N–H and O–H groups in total. The van der Waals surface area contributed by atoms with Gasteiger partial charge in [-0.05, 0) is 32.9 Å². The van der Waals surface area contributed by atoms with Crippen molar-refractivity contribution in [3.05, 3.63) is 23.9 Å². The molecule has 0 saturated carbocycles. The van der Waals surface area contributed by atoms with Crippen LogP contribution in [0.5, 0.6) is 0 Å². The Hall–Kier alpha value is -2.68. The highest BCUT2D eigenvalue weighted by molar-refractivity contribution is 6.08. The first-order valence-electron chi connectivity index (χ1n) is 6.61. The fourth-order valence-corrected chi connectivity index (χ4v) is 1.49. The van der Waals surface area contributed by atoms with Crippen molar-refractivity contribution in [2.24, 2.45) is 0 Å². The normalized spacial score (nSPS) is 10.8. The summed E-state index contributed by atoms with van der Waals surface area (Å²) in [6, 6.07) is 2.56. The maximum absolute atomic E-state index is 12.0. The van der Waals surface area contributed by atoms with Crippen LogP contribution in [0, 0.1) is 0 Å². The van der Waals surface area contributed by atoms with E-state index in [-0.39, 0.29) is 11.4 Å². The second-order valence-electron chi connectivity index (χ2n) is 5.49. The number of carboxylic acid groups (broad SMARTS) is 1. The first kappa shape index (κ1) is 18.4. The molecule has 1 aromatic rings. The molecule has 0 spiro atoms. The summed E-state index contributed by atoms with van der Waals surface area (Å²) in [4.78, 5) is 44.0. The number of carbonyl (C=O) groups excluding carboxylic acids is 2. The Balaban J connectivity index is 3.04. The highest BCUT2D eigenvalue weighted by Crippen LogP contribution is 2.17. The van der Waals surface area contributed by atoms with E-state index in [1.54, 1.807) is 20.8 Å². The molecular formula is C14H19N3O6. The zero-order valence-corrected chi connectivity index (χ0v) is 13.6. The van der Waals surface area contributed by atoms with E-state index in [1.807, 2.05) is 0 Å². The quantitative estimate of drug-likeness (QED) is 0.848. The molecule has 126 valence electrons. The molecule has 0 aliphatic heterocycles. The summed E-state index contributed by atoms with van der Waals surface area (Å²) in [5, 5.41) is 10.2. The second kappa shape index (κ2) is 7.05. The largest absolute Gasteiger partial charge is 0.464 e. The monoisotopic (exact) mass is 325 g/mol. The van der Waals surface area contributed by atoms with Crippen molar-refractivity contribution in [2.45, 2.75) is 26.4 Å². The van der Waals surface area contributed by atoms with Gasteiger partial charge in [-0.2, -0.15) is 4.90 Å². The fraction of sp³-hybridized carbons (Fsp3) is 0.429. The molecule has 0 aliphatic carbocycles. The summed E-state index contributed by atoms with van der Waals surface area (Å²) in [7, 11) is 2.74. The van der Waals surface area contributed by atoms with Crippen LogP contribution in [0.15, 0.2) is 18.3 Å². The van der Waals surface area contributed by atoms with Gasteiger partial charge in [0.15, 0.2) is 0 Å². The minimum atomic E-state index is -1.54. The number of anilines is 1. The summed E-state index contributed by atoms with van der Waals surface area (Å²) in [5.41, 5.74) is -0.686. The summed E-state index contributed by atoms with van der Waals surface area (Å²) in [6.07, 6.45) is -1.47. The van der Waals surface area contributed by atoms with Crippen LogP contribution in [0.2, 0.25) is 0 Å². The standard InChI is InChI=1S/C14H19N3O6/c1-14(2,3)23-13(21)17(12(19)20)10-7-6-9(8-15-10)11(18)16(4)22-5/h6-8H,1-5H3,(H,19,20). The molecule has 9 heteroatoms. The first-order valence-corrected chi connectivity index (χ1v) is 6.61. The van der Waals surface area contributed by atoms with Crippen molar-refractivity contribution >= 4 is 23.9 Å². The number of imide groups is 1. The number of amides is 3. The topological polar surface area (TPSA) is 109 Å². The van der Waals surface area contributed by atoms with Gasteiger partial charge in [-0.1, -0.05) is 0 Å². The van der Waals surface area contributed by atoms with Crippen LogP contribution >= 0.6 is 0 Å². The third-order valence-corrected chi connectivity index (χ3v) is 2.55. The van der Waals surface area contributed by atoms with E-state index in [1.165, 1.54) is 26.3 Å². The van der Waals surface area contributed by atoms with E-state index < -0.39 is 23.7 Å². The van der Waals surface area contributed by atoms with Crippen molar-refractivity contribution in [2.75, 3.05) is 19.1 Å². The first-order chi connectivity index (χ1) is 10.6. The number of carbonyl (C=O) groups is 3. The van der Waals surface area contributed by atoms with Crippen molar-refractivity contribution in [3.63, 3.8) is 0 Å². The zero-order chi connectivity index (χ0) is 17.8. The van der Waals surface area contributed by atoms with Crippen molar-refractivity contribution < 1.29 is 29.1 Å². The Morgan fingerprint density at radius 3 is 2.22 bits per heavy atom. The van der Waals surface area contributed by atoms with E-state index in [2.05, 4.69) is 4.98 Å². The molecule has 1 heterocycles. The van der Waals surface area contributed by atoms with E-state index in [4.69, 9.17) is 9.57 Å². The van der Waals surface area contributed by atoms with E-state index in [0.29, 0.717) is 4.90 Å². The zero-order valence-electron chi connectivity index (χ0n) is 13.6. The SMILES string of the molecule is CON(C)C(=O)c1ccc(N(C(=O)O)C(=O)OC(C)(C)C)nc1. The molecule has 3 amide bonds. The molecule has 0 fully saturated rings. The van der Waals surface area contributed by atoms with Crippen LogP contribution in [-0.4, -0.2) is 53.0 Å². The maximum atomic E-state index is 12.0. The molecule has 1 aromatic heterocycles. The van der Waals surface area contributed by atoms with E-state index in [0.717, 1.165) is 11.3 Å². The number of pyridine rings is 1. The minimum absolute atomic E-state index is 0.174. The highest BCUT2D eigenvalue weighted by atomic mass is 16.7. The van der Waals surface area contributed by atoms with Gasteiger partial charge in [0.1, 0.15) is 11.4 Å². The third-order valence-electron chi connectivity index (χ3n) is 2.55. The molecule has 9 nitrogen and oxygen atoms in total. The third kappa shape index (κ3) is 4.92. The van der Waals surface area contributed by atoms with Gasteiger partial charge in [-0.3, -0.25) is 9.63 Å². The second-order valence-corrected chi connectivity index (χ2v) is 5.49. The minimum Gasteiger partial charge on any atom is -0.464 e. The van der Waals surface area contributed by atoms with Crippen molar-refractivity contribution in [3.8, 4) is 0 Å². The summed E-state index contributed by atoms with van der Waals surface area (Å²) >= 11 is 0. The Labute approximate surface area is 133 Å². The van der Waals surface area contributed by atoms with Gasteiger partial charge in [0.25, 0.3) is 5.91 Å². The van der Waals surface area contributed by atoms with Gasteiger partial charge in [-0.15, -0.1) is 0 Å². The summed E-state index contributed by atoms with van der Waals surface area (Å²) in [5.74, 6) is -0.644. The van der Waals surface area contributed by atoms with E-state index >= 15 is 0 Å². The molecule has 23 heavy (non-hydrogen) atoms. The number of hydroxylamine groups is 2. The molecular weight excluding hydrogens is 306 g/mol. The van der Waals surface area contributed by atoms with Crippen LogP contribution in [0.1, 0.15) is 31.1 Å². The number of ether oxygens (including phenoxy) is 1. The average Bonchev–Trinajstić information content (AvgIpc) is 2.44. The molecule has 0 saturated heterocycles. The Bertz CT molecular complexity index is 594. The highest BCUT2D eigenvalue weighted by Gasteiger charge is 2.29. The van der Waals surface area contributed by atoms with Crippen molar-refractivity contribution in [1.29, 1.82) is 0 Å². The molecule has 0 aromatic carbocycles. The molecule has 0 radical (unpaired) electrons. The lowest BCUT2D eigenvalue weighted by Crippen LogP contribution is -2.40. The maximum Gasteiger partial charge on any atom is 0.425 e. The Kier molecular flexibility index (Phi) is 5.63. The fourth-order valence-electron chi connectivity index (χ4n) is 1.49. The summed E-state index contributed by atoms with van der Waals surface area (Å²) < 4.78 is 5.02.